The molecule has 94 valence electrons. The number of benzene rings is 1. The summed E-state index contributed by atoms with van der Waals surface area (Å²) in [6.07, 6.45) is 0.611. The summed E-state index contributed by atoms with van der Waals surface area (Å²) in [4.78, 5) is 11.7. The van der Waals surface area contributed by atoms with E-state index >= 15 is 0 Å². The first kappa shape index (κ1) is 13.6. The molecule has 0 aromatic heterocycles. The van der Waals surface area contributed by atoms with Crippen LogP contribution >= 0.6 is 0 Å². The van der Waals surface area contributed by atoms with Gasteiger partial charge in [0.05, 0.1) is 6.04 Å². The number of nitrogens with two attached hydrogens (primary N) is 1. The quantitative estimate of drug-likeness (QED) is 0.846. The fraction of sp³-hybridized carbons (Fsp3) is 0.462. The van der Waals surface area contributed by atoms with Crippen LogP contribution in [0.15, 0.2) is 18.2 Å². The minimum absolute atomic E-state index is 0.274. The Kier molecular flexibility index (Phi) is 4.63. The molecule has 1 atom stereocenters. The maximum atomic E-state index is 13.1. The second-order valence-corrected chi connectivity index (χ2v) is 4.74. The number of amides is 1. The summed E-state index contributed by atoms with van der Waals surface area (Å²) in [5.41, 5.74) is 6.95. The molecule has 1 rings (SSSR count). The van der Waals surface area contributed by atoms with E-state index in [1.807, 2.05) is 13.8 Å². The van der Waals surface area contributed by atoms with Gasteiger partial charge in [0.1, 0.15) is 5.82 Å². The van der Waals surface area contributed by atoms with Crippen LogP contribution in [0.4, 0.5) is 10.1 Å². The first-order valence-corrected chi connectivity index (χ1v) is 5.72. The molecule has 3 N–H and O–H groups in total. The number of hydrogen-bond donors (Lipinski definition) is 2. The highest BCUT2D eigenvalue weighted by molar-refractivity contribution is 5.94. The molecule has 0 unspecified atom stereocenters. The molecule has 1 amide bonds. The minimum atomic E-state index is -0.557. The van der Waals surface area contributed by atoms with Crippen LogP contribution < -0.4 is 11.1 Å². The molecule has 17 heavy (non-hydrogen) atoms. The zero-order valence-corrected chi connectivity index (χ0v) is 10.5. The third-order valence-electron chi connectivity index (χ3n) is 2.37. The van der Waals surface area contributed by atoms with Crippen molar-refractivity contribution >= 4 is 11.6 Å². The Morgan fingerprint density at radius 3 is 2.59 bits per heavy atom. The lowest BCUT2D eigenvalue weighted by atomic mass is 10.0. The average Bonchev–Trinajstić information content (AvgIpc) is 2.14. The van der Waals surface area contributed by atoms with Crippen molar-refractivity contribution in [2.24, 2.45) is 11.7 Å². The van der Waals surface area contributed by atoms with Crippen LogP contribution in [0.3, 0.4) is 0 Å². The number of carbonyl (C=O) groups is 1. The van der Waals surface area contributed by atoms with Gasteiger partial charge in [0, 0.05) is 5.69 Å². The van der Waals surface area contributed by atoms with E-state index in [-0.39, 0.29) is 11.7 Å². The summed E-state index contributed by atoms with van der Waals surface area (Å²) in [5.74, 6) is -0.286. The van der Waals surface area contributed by atoms with E-state index in [0.717, 1.165) is 5.56 Å². The van der Waals surface area contributed by atoms with Crippen LogP contribution in [0.2, 0.25) is 0 Å². The van der Waals surface area contributed by atoms with Crippen molar-refractivity contribution in [2.45, 2.75) is 33.2 Å². The highest BCUT2D eigenvalue weighted by Crippen LogP contribution is 2.14. The van der Waals surface area contributed by atoms with Gasteiger partial charge in [0.25, 0.3) is 0 Å². The molecule has 0 fully saturated rings. The standard InChI is InChI=1S/C13H19FN2O/c1-8(2)4-12(15)13(17)16-11-6-9(3)5-10(14)7-11/h5-8,12H,4,15H2,1-3H3,(H,16,17)/t12-/m0/s1. The third-order valence-corrected chi connectivity index (χ3v) is 2.37. The van der Waals surface area contributed by atoms with Gasteiger partial charge in [-0.25, -0.2) is 4.39 Å². The van der Waals surface area contributed by atoms with Crippen molar-refractivity contribution in [1.82, 2.24) is 0 Å². The van der Waals surface area contributed by atoms with E-state index in [2.05, 4.69) is 5.32 Å². The number of nitrogens with one attached hydrogen (secondary N) is 1. The largest absolute Gasteiger partial charge is 0.325 e. The van der Waals surface area contributed by atoms with Crippen LogP contribution in [0.25, 0.3) is 0 Å². The predicted octanol–water partition coefficient (Wildman–Crippen LogP) is 2.45. The Hall–Kier alpha value is -1.42. The molecule has 0 saturated carbocycles. The van der Waals surface area contributed by atoms with Gasteiger partial charge in [-0.2, -0.15) is 0 Å². The summed E-state index contributed by atoms with van der Waals surface area (Å²) in [7, 11) is 0. The molecule has 0 bridgehead atoms. The van der Waals surface area contributed by atoms with Gasteiger partial charge in [-0.3, -0.25) is 4.79 Å². The number of aryl methyl sites for hydroxylation is 1. The molecule has 0 aliphatic rings. The first-order chi connectivity index (χ1) is 7.88. The van der Waals surface area contributed by atoms with Crippen LogP contribution in [0.5, 0.6) is 0 Å². The number of halogens is 1. The molecule has 1 aromatic rings. The Balaban J connectivity index is 2.67. The Morgan fingerprint density at radius 2 is 2.06 bits per heavy atom. The lowest BCUT2D eigenvalue weighted by Gasteiger charge is -2.14. The van der Waals surface area contributed by atoms with E-state index in [0.29, 0.717) is 18.0 Å². The summed E-state index contributed by atoms with van der Waals surface area (Å²) in [5, 5.41) is 2.62. The molecule has 0 aliphatic carbocycles. The van der Waals surface area contributed by atoms with Crippen LogP contribution in [0.1, 0.15) is 25.8 Å². The molecular formula is C13H19FN2O. The van der Waals surface area contributed by atoms with E-state index < -0.39 is 6.04 Å². The van der Waals surface area contributed by atoms with Crippen molar-refractivity contribution in [3.05, 3.63) is 29.6 Å². The number of hydrogen-bond acceptors (Lipinski definition) is 2. The number of carbonyl (C=O) groups excluding carboxylic acids is 1. The maximum Gasteiger partial charge on any atom is 0.241 e. The van der Waals surface area contributed by atoms with Gasteiger partial charge in [-0.05, 0) is 43.0 Å². The Morgan fingerprint density at radius 1 is 1.41 bits per heavy atom. The zero-order chi connectivity index (χ0) is 13.0. The summed E-state index contributed by atoms with van der Waals surface area (Å²) < 4.78 is 13.1. The first-order valence-electron chi connectivity index (χ1n) is 5.72. The fourth-order valence-corrected chi connectivity index (χ4v) is 1.66. The van der Waals surface area contributed by atoms with Crippen molar-refractivity contribution < 1.29 is 9.18 Å². The molecule has 3 nitrogen and oxygen atoms in total. The summed E-state index contributed by atoms with van der Waals surface area (Å²) in [6.45, 7) is 5.77. The second kappa shape index (κ2) is 5.77. The topological polar surface area (TPSA) is 55.1 Å². The summed E-state index contributed by atoms with van der Waals surface area (Å²) in [6, 6.07) is 3.85. The Bertz CT molecular complexity index is 384. The van der Waals surface area contributed by atoms with Gasteiger partial charge < -0.3 is 11.1 Å². The van der Waals surface area contributed by atoms with Crippen LogP contribution in [-0.4, -0.2) is 11.9 Å². The van der Waals surface area contributed by atoms with Crippen LogP contribution in [0, 0.1) is 18.7 Å². The highest BCUT2D eigenvalue weighted by Gasteiger charge is 2.15. The van der Waals surface area contributed by atoms with Gasteiger partial charge in [0.15, 0.2) is 0 Å². The van der Waals surface area contributed by atoms with E-state index in [1.165, 1.54) is 12.1 Å². The second-order valence-electron chi connectivity index (χ2n) is 4.74. The molecule has 0 radical (unpaired) electrons. The summed E-state index contributed by atoms with van der Waals surface area (Å²) >= 11 is 0. The predicted molar refractivity (Wildman–Crippen MR) is 67.2 cm³/mol. The van der Waals surface area contributed by atoms with Gasteiger partial charge in [0.2, 0.25) is 5.91 Å². The Labute approximate surface area is 101 Å². The van der Waals surface area contributed by atoms with E-state index in [1.54, 1.807) is 13.0 Å². The van der Waals surface area contributed by atoms with Gasteiger partial charge in [-0.15, -0.1) is 0 Å². The molecule has 0 aliphatic heterocycles. The van der Waals surface area contributed by atoms with Crippen molar-refractivity contribution in [3.63, 3.8) is 0 Å². The number of anilines is 1. The lowest BCUT2D eigenvalue weighted by Crippen LogP contribution is -2.36. The molecule has 0 saturated heterocycles. The van der Waals surface area contributed by atoms with Crippen molar-refractivity contribution in [1.29, 1.82) is 0 Å². The van der Waals surface area contributed by atoms with E-state index in [9.17, 15) is 9.18 Å². The van der Waals surface area contributed by atoms with Crippen molar-refractivity contribution in [3.8, 4) is 0 Å². The van der Waals surface area contributed by atoms with Gasteiger partial charge >= 0.3 is 0 Å². The third kappa shape index (κ3) is 4.53. The monoisotopic (exact) mass is 238 g/mol. The zero-order valence-electron chi connectivity index (χ0n) is 10.5. The normalized spacial score (nSPS) is 12.6. The fourth-order valence-electron chi connectivity index (χ4n) is 1.66. The molecule has 0 spiro atoms. The smallest absolute Gasteiger partial charge is 0.241 e. The SMILES string of the molecule is Cc1cc(F)cc(NC(=O)[C@@H](N)CC(C)C)c1. The minimum Gasteiger partial charge on any atom is -0.325 e. The molecule has 0 heterocycles. The highest BCUT2D eigenvalue weighted by atomic mass is 19.1. The molecular weight excluding hydrogens is 219 g/mol. The van der Waals surface area contributed by atoms with E-state index in [4.69, 9.17) is 5.73 Å². The van der Waals surface area contributed by atoms with Crippen molar-refractivity contribution in [2.75, 3.05) is 5.32 Å². The average molecular weight is 238 g/mol. The van der Waals surface area contributed by atoms with Crippen LogP contribution in [-0.2, 0) is 4.79 Å². The number of rotatable bonds is 4. The molecule has 4 heteroatoms. The lowest BCUT2D eigenvalue weighted by molar-refractivity contribution is -0.117. The molecule has 1 aromatic carbocycles. The maximum absolute atomic E-state index is 13.1. The van der Waals surface area contributed by atoms with Gasteiger partial charge in [-0.1, -0.05) is 13.8 Å².